The van der Waals surface area contributed by atoms with Crippen LogP contribution in [0.4, 0.5) is 0 Å². The van der Waals surface area contributed by atoms with Gasteiger partial charge in [0.1, 0.15) is 5.75 Å². The number of rotatable bonds is 6. The summed E-state index contributed by atoms with van der Waals surface area (Å²) in [7, 11) is 1.61. The van der Waals surface area contributed by atoms with E-state index < -0.39 is 5.97 Å². The number of nitrogens with zero attached hydrogens (tertiary/aromatic N) is 1. The van der Waals surface area contributed by atoms with Crippen molar-refractivity contribution in [3.8, 4) is 17.1 Å². The third-order valence-electron chi connectivity index (χ3n) is 3.48. The molecule has 0 amide bonds. The van der Waals surface area contributed by atoms with E-state index in [9.17, 15) is 4.79 Å². The fourth-order valence-electron chi connectivity index (χ4n) is 2.17. The third-order valence-corrected chi connectivity index (χ3v) is 3.48. The summed E-state index contributed by atoms with van der Waals surface area (Å²) in [6.45, 7) is -0.0153. The Morgan fingerprint density at radius 1 is 1.12 bits per heavy atom. The summed E-state index contributed by atoms with van der Waals surface area (Å²) in [4.78, 5) is 15.9. The van der Waals surface area contributed by atoms with E-state index in [0.29, 0.717) is 11.7 Å². The highest BCUT2D eigenvalue weighted by Crippen LogP contribution is 2.20. The largest absolute Gasteiger partial charge is 0.497 e. The highest BCUT2D eigenvalue weighted by Gasteiger charge is 2.07. The molecular weight excluding hydrogens is 318 g/mol. The third kappa shape index (κ3) is 4.57. The topological polar surface area (TPSA) is 61.6 Å². The van der Waals surface area contributed by atoms with Crippen molar-refractivity contribution in [2.45, 2.75) is 6.61 Å². The fraction of sp³-hybridized carbons (Fsp3) is 0.100. The van der Waals surface area contributed by atoms with Crippen LogP contribution in [-0.4, -0.2) is 18.1 Å². The van der Waals surface area contributed by atoms with Crippen molar-refractivity contribution in [3.63, 3.8) is 0 Å². The highest BCUT2D eigenvalue weighted by molar-refractivity contribution is 5.87. The minimum absolute atomic E-state index is 0.0153. The molecule has 0 aliphatic rings. The molecule has 1 aromatic heterocycles. The molecule has 0 radical (unpaired) electrons. The summed E-state index contributed by atoms with van der Waals surface area (Å²) in [5.41, 5.74) is 1.80. The number of benzene rings is 2. The van der Waals surface area contributed by atoms with Gasteiger partial charge in [0.2, 0.25) is 5.89 Å². The summed E-state index contributed by atoms with van der Waals surface area (Å²) >= 11 is 0. The zero-order valence-electron chi connectivity index (χ0n) is 13.7. The van der Waals surface area contributed by atoms with Crippen molar-refractivity contribution in [3.05, 3.63) is 78.3 Å². The van der Waals surface area contributed by atoms with E-state index in [2.05, 4.69) is 4.98 Å². The molecule has 3 aromatic rings. The molecule has 1 heterocycles. The second kappa shape index (κ2) is 7.97. The van der Waals surface area contributed by atoms with Crippen molar-refractivity contribution < 1.29 is 18.7 Å². The average Bonchev–Trinajstić information content (AvgIpc) is 3.15. The lowest BCUT2D eigenvalue weighted by molar-refractivity contribution is -0.139. The van der Waals surface area contributed by atoms with Gasteiger partial charge >= 0.3 is 5.97 Å². The van der Waals surface area contributed by atoms with Gasteiger partial charge in [-0.25, -0.2) is 9.78 Å². The summed E-state index contributed by atoms with van der Waals surface area (Å²) in [5.74, 6) is 1.29. The molecule has 0 atom stereocenters. The maximum atomic E-state index is 11.8. The predicted octanol–water partition coefficient (Wildman–Crippen LogP) is 4.11. The van der Waals surface area contributed by atoms with Crippen LogP contribution in [0.2, 0.25) is 0 Å². The molecule has 2 aromatic carbocycles. The number of methoxy groups -OCH3 is 1. The van der Waals surface area contributed by atoms with Crippen LogP contribution in [-0.2, 0) is 16.1 Å². The molecule has 25 heavy (non-hydrogen) atoms. The first-order valence-electron chi connectivity index (χ1n) is 7.73. The number of ether oxygens (including phenoxy) is 2. The quantitative estimate of drug-likeness (QED) is 0.501. The summed E-state index contributed by atoms with van der Waals surface area (Å²) < 4.78 is 15.8. The van der Waals surface area contributed by atoms with Gasteiger partial charge in [0.15, 0.2) is 12.4 Å². The van der Waals surface area contributed by atoms with E-state index in [1.807, 2.05) is 54.6 Å². The SMILES string of the molecule is COc1ccc(/C=C/C(=O)OCc2ncc(-c3ccccc3)o2)cc1. The van der Waals surface area contributed by atoms with Gasteiger partial charge in [-0.1, -0.05) is 42.5 Å². The van der Waals surface area contributed by atoms with Crippen LogP contribution >= 0.6 is 0 Å². The van der Waals surface area contributed by atoms with Gasteiger partial charge in [-0.15, -0.1) is 0 Å². The van der Waals surface area contributed by atoms with Gasteiger partial charge in [-0.3, -0.25) is 0 Å². The Kier molecular flexibility index (Phi) is 5.26. The molecule has 3 rings (SSSR count). The molecular formula is C20H17NO4. The smallest absolute Gasteiger partial charge is 0.331 e. The molecule has 5 heteroatoms. The van der Waals surface area contributed by atoms with Crippen molar-refractivity contribution in [1.29, 1.82) is 0 Å². The number of aromatic nitrogens is 1. The van der Waals surface area contributed by atoms with Gasteiger partial charge in [-0.2, -0.15) is 0 Å². The van der Waals surface area contributed by atoms with E-state index in [-0.39, 0.29) is 6.61 Å². The van der Waals surface area contributed by atoms with Crippen LogP contribution in [0.3, 0.4) is 0 Å². The average molecular weight is 335 g/mol. The van der Waals surface area contributed by atoms with Crippen LogP contribution in [0.15, 0.2) is 71.3 Å². The van der Waals surface area contributed by atoms with Gasteiger partial charge in [0.05, 0.1) is 13.3 Å². The second-order valence-corrected chi connectivity index (χ2v) is 5.20. The molecule has 0 saturated heterocycles. The maximum absolute atomic E-state index is 11.8. The lowest BCUT2D eigenvalue weighted by Crippen LogP contribution is -2.00. The van der Waals surface area contributed by atoms with Crippen LogP contribution in [0, 0.1) is 0 Å². The second-order valence-electron chi connectivity index (χ2n) is 5.20. The lowest BCUT2D eigenvalue weighted by Gasteiger charge is -2.00. The van der Waals surface area contributed by atoms with Crippen LogP contribution < -0.4 is 4.74 Å². The number of esters is 1. The molecule has 0 fully saturated rings. The molecule has 0 aliphatic heterocycles. The Hall–Kier alpha value is -3.34. The number of carbonyl (C=O) groups excluding carboxylic acids is 1. The molecule has 0 saturated carbocycles. The number of oxazole rings is 1. The van der Waals surface area contributed by atoms with Crippen LogP contribution in [0.5, 0.6) is 5.75 Å². The minimum atomic E-state index is -0.463. The number of hydrogen-bond acceptors (Lipinski definition) is 5. The minimum Gasteiger partial charge on any atom is -0.497 e. The Morgan fingerprint density at radius 2 is 1.88 bits per heavy atom. The molecule has 0 bridgehead atoms. The van der Waals surface area contributed by atoms with Crippen LogP contribution in [0.25, 0.3) is 17.4 Å². The van der Waals surface area contributed by atoms with Gasteiger partial charge in [-0.05, 0) is 23.8 Å². The molecule has 5 nitrogen and oxygen atoms in total. The highest BCUT2D eigenvalue weighted by atomic mass is 16.5. The molecule has 0 aliphatic carbocycles. The standard InChI is InChI=1S/C20H17NO4/c1-23-17-10-7-15(8-11-17)9-12-20(22)24-14-19-21-13-18(25-19)16-5-3-2-4-6-16/h2-13H,14H2,1H3/b12-9+. The summed E-state index contributed by atoms with van der Waals surface area (Å²) in [6.07, 6.45) is 4.65. The van der Waals surface area contributed by atoms with Gasteiger partial charge < -0.3 is 13.9 Å². The molecule has 0 unspecified atom stereocenters. The monoisotopic (exact) mass is 335 g/mol. The summed E-state index contributed by atoms with van der Waals surface area (Å²) in [6, 6.07) is 17.0. The van der Waals surface area contributed by atoms with Crippen molar-refractivity contribution in [2.75, 3.05) is 7.11 Å². The number of carbonyl (C=O) groups is 1. The van der Waals surface area contributed by atoms with E-state index in [0.717, 1.165) is 16.9 Å². The van der Waals surface area contributed by atoms with E-state index in [1.165, 1.54) is 6.08 Å². The maximum Gasteiger partial charge on any atom is 0.331 e. The zero-order chi connectivity index (χ0) is 17.5. The summed E-state index contributed by atoms with van der Waals surface area (Å²) in [5, 5.41) is 0. The van der Waals surface area contributed by atoms with Crippen molar-refractivity contribution in [1.82, 2.24) is 4.98 Å². The number of hydrogen-bond donors (Lipinski definition) is 0. The Labute approximate surface area is 145 Å². The van der Waals surface area contributed by atoms with Gasteiger partial charge in [0.25, 0.3) is 0 Å². The van der Waals surface area contributed by atoms with E-state index in [1.54, 1.807) is 19.4 Å². The Bertz CT molecular complexity index is 851. The van der Waals surface area contributed by atoms with Gasteiger partial charge in [0, 0.05) is 11.6 Å². The predicted molar refractivity (Wildman–Crippen MR) is 93.8 cm³/mol. The zero-order valence-corrected chi connectivity index (χ0v) is 13.7. The fourth-order valence-corrected chi connectivity index (χ4v) is 2.17. The Balaban J connectivity index is 1.53. The molecule has 126 valence electrons. The molecule has 0 spiro atoms. The lowest BCUT2D eigenvalue weighted by atomic mass is 10.2. The molecule has 0 N–H and O–H groups in total. The normalized spacial score (nSPS) is 10.8. The van der Waals surface area contributed by atoms with E-state index in [4.69, 9.17) is 13.9 Å². The van der Waals surface area contributed by atoms with Crippen molar-refractivity contribution >= 4 is 12.0 Å². The van der Waals surface area contributed by atoms with Crippen molar-refractivity contribution in [2.24, 2.45) is 0 Å². The first-order chi connectivity index (χ1) is 12.2. The van der Waals surface area contributed by atoms with Crippen LogP contribution in [0.1, 0.15) is 11.5 Å². The van der Waals surface area contributed by atoms with E-state index >= 15 is 0 Å². The first-order valence-corrected chi connectivity index (χ1v) is 7.73. The first kappa shape index (κ1) is 16.5. The Morgan fingerprint density at radius 3 is 2.60 bits per heavy atom.